The van der Waals surface area contributed by atoms with Gasteiger partial charge in [0.2, 0.25) is 0 Å². The lowest BCUT2D eigenvalue weighted by molar-refractivity contribution is -0.158. The van der Waals surface area contributed by atoms with Crippen molar-refractivity contribution < 1.29 is 23.4 Å². The first kappa shape index (κ1) is 14.0. The molecule has 0 fully saturated rings. The molecule has 0 bridgehead atoms. The molecule has 0 spiro atoms. The van der Waals surface area contributed by atoms with Crippen LogP contribution in [0.15, 0.2) is 30.3 Å². The third-order valence-electron chi connectivity index (χ3n) is 2.23. The molecule has 0 saturated carbocycles. The highest BCUT2D eigenvalue weighted by Crippen LogP contribution is 2.32. The smallest absolute Gasteiger partial charge is 0.394 e. The molecule has 0 aliphatic rings. The van der Waals surface area contributed by atoms with Crippen molar-refractivity contribution in [2.45, 2.75) is 18.3 Å². The van der Waals surface area contributed by atoms with Gasteiger partial charge < -0.3 is 10.2 Å². The Morgan fingerprint density at radius 2 is 1.76 bits per heavy atom. The summed E-state index contributed by atoms with van der Waals surface area (Å²) in [7, 11) is 0. The Morgan fingerprint density at radius 1 is 1.18 bits per heavy atom. The van der Waals surface area contributed by atoms with Gasteiger partial charge in [0.25, 0.3) is 0 Å². The monoisotopic (exact) mass is 249 g/mol. The number of hydrogen-bond donors (Lipinski definition) is 3. The number of nitrogens with one attached hydrogen (secondary N) is 1. The maximum absolute atomic E-state index is 12.8. The molecule has 3 N–H and O–H groups in total. The summed E-state index contributed by atoms with van der Waals surface area (Å²) in [6.07, 6.45) is -5.65. The molecule has 0 aliphatic carbocycles. The third-order valence-corrected chi connectivity index (χ3v) is 2.23. The molecule has 1 rings (SSSR count). The molecule has 3 nitrogen and oxygen atoms in total. The first-order valence-corrected chi connectivity index (χ1v) is 5.09. The van der Waals surface area contributed by atoms with Gasteiger partial charge in [-0.15, -0.1) is 0 Å². The highest BCUT2D eigenvalue weighted by Gasteiger charge is 2.40. The average Bonchev–Trinajstić information content (AvgIpc) is 2.28. The van der Waals surface area contributed by atoms with Gasteiger partial charge >= 0.3 is 6.18 Å². The Balaban J connectivity index is 2.76. The second kappa shape index (κ2) is 6.00. The molecule has 0 aliphatic heterocycles. The van der Waals surface area contributed by atoms with Crippen LogP contribution in [0.3, 0.4) is 0 Å². The predicted molar refractivity (Wildman–Crippen MR) is 56.3 cm³/mol. The summed E-state index contributed by atoms with van der Waals surface area (Å²) < 4.78 is 38.3. The van der Waals surface area contributed by atoms with Crippen molar-refractivity contribution >= 4 is 0 Å². The van der Waals surface area contributed by atoms with Gasteiger partial charge in [-0.3, -0.25) is 5.32 Å². The number of halogens is 3. The number of rotatable bonds is 5. The minimum Gasteiger partial charge on any atom is -0.394 e. The van der Waals surface area contributed by atoms with Crippen molar-refractivity contribution in [2.24, 2.45) is 0 Å². The van der Waals surface area contributed by atoms with Gasteiger partial charge in [0.05, 0.1) is 12.7 Å². The Bertz CT molecular complexity index is 329. The second-order valence-corrected chi connectivity index (χ2v) is 3.63. The summed E-state index contributed by atoms with van der Waals surface area (Å²) in [6.45, 7) is -0.901. The average molecular weight is 249 g/mol. The molecule has 17 heavy (non-hydrogen) atoms. The standard InChI is InChI=1S/C11H14F3NO2/c12-11(13,14)10(15-6-9(17)7-16)8-4-2-1-3-5-8/h1-5,9-10,15-17H,6-7H2. The molecule has 96 valence electrons. The van der Waals surface area contributed by atoms with Crippen LogP contribution in [-0.4, -0.2) is 35.6 Å². The van der Waals surface area contributed by atoms with Crippen molar-refractivity contribution in [3.8, 4) is 0 Å². The van der Waals surface area contributed by atoms with Crippen molar-refractivity contribution in [1.82, 2.24) is 5.32 Å². The molecule has 6 heteroatoms. The van der Waals surface area contributed by atoms with Crippen molar-refractivity contribution in [2.75, 3.05) is 13.2 Å². The molecule has 0 amide bonds. The van der Waals surface area contributed by atoms with E-state index in [4.69, 9.17) is 10.2 Å². The lowest BCUT2D eigenvalue weighted by Crippen LogP contribution is -2.39. The van der Waals surface area contributed by atoms with Crippen molar-refractivity contribution in [3.63, 3.8) is 0 Å². The SMILES string of the molecule is OCC(O)CNC(c1ccccc1)C(F)(F)F. The molecule has 0 heterocycles. The minimum absolute atomic E-state index is 0.0742. The van der Waals surface area contributed by atoms with E-state index >= 15 is 0 Å². The highest BCUT2D eigenvalue weighted by atomic mass is 19.4. The summed E-state index contributed by atoms with van der Waals surface area (Å²) in [5, 5.41) is 19.8. The lowest BCUT2D eigenvalue weighted by atomic mass is 10.1. The number of alkyl halides is 3. The van der Waals surface area contributed by atoms with Gasteiger partial charge in [-0.05, 0) is 5.56 Å². The van der Waals surface area contributed by atoms with E-state index in [1.165, 1.54) is 24.3 Å². The molecule has 1 aromatic rings. The Hall–Kier alpha value is -1.11. The zero-order valence-electron chi connectivity index (χ0n) is 8.98. The van der Waals surface area contributed by atoms with Crippen LogP contribution in [0.1, 0.15) is 11.6 Å². The van der Waals surface area contributed by atoms with Gasteiger partial charge in [-0.2, -0.15) is 13.2 Å². The van der Waals surface area contributed by atoms with Crippen molar-refractivity contribution in [1.29, 1.82) is 0 Å². The lowest BCUT2D eigenvalue weighted by Gasteiger charge is -2.23. The minimum atomic E-state index is -4.45. The topological polar surface area (TPSA) is 52.5 Å². The summed E-state index contributed by atoms with van der Waals surface area (Å²) in [6, 6.07) is 5.52. The first-order valence-electron chi connectivity index (χ1n) is 5.09. The summed E-state index contributed by atoms with van der Waals surface area (Å²) >= 11 is 0. The van der Waals surface area contributed by atoms with Crippen LogP contribution < -0.4 is 5.32 Å². The van der Waals surface area contributed by atoms with E-state index in [1.54, 1.807) is 6.07 Å². The van der Waals surface area contributed by atoms with Gasteiger partial charge in [-0.25, -0.2) is 0 Å². The molecule has 0 aromatic heterocycles. The third kappa shape index (κ3) is 4.33. The fraction of sp³-hybridized carbons (Fsp3) is 0.455. The van der Waals surface area contributed by atoms with Crippen LogP contribution >= 0.6 is 0 Å². The van der Waals surface area contributed by atoms with E-state index in [2.05, 4.69) is 5.32 Å². The van der Waals surface area contributed by atoms with Gasteiger partial charge in [0, 0.05) is 6.54 Å². The number of hydrogen-bond acceptors (Lipinski definition) is 3. The maximum Gasteiger partial charge on any atom is 0.407 e. The van der Waals surface area contributed by atoms with Gasteiger partial charge in [0.1, 0.15) is 6.04 Å². The molecule has 0 saturated heterocycles. The van der Waals surface area contributed by atoms with E-state index in [-0.39, 0.29) is 12.1 Å². The Kier molecular flexibility index (Phi) is 4.92. The zero-order chi connectivity index (χ0) is 12.9. The fourth-order valence-corrected chi connectivity index (χ4v) is 1.39. The highest BCUT2D eigenvalue weighted by molar-refractivity contribution is 5.20. The van der Waals surface area contributed by atoms with Crippen LogP contribution in [0.25, 0.3) is 0 Å². The zero-order valence-corrected chi connectivity index (χ0v) is 8.98. The number of aliphatic hydroxyl groups is 2. The number of aliphatic hydroxyl groups excluding tert-OH is 2. The summed E-state index contributed by atoms with van der Waals surface area (Å²) in [5.41, 5.74) is 0.0742. The van der Waals surface area contributed by atoms with E-state index in [9.17, 15) is 13.2 Å². The Labute approximate surface area is 96.9 Å². The maximum atomic E-state index is 12.8. The van der Waals surface area contributed by atoms with Crippen LogP contribution in [0, 0.1) is 0 Å². The normalized spacial score (nSPS) is 15.6. The number of benzene rings is 1. The van der Waals surface area contributed by atoms with Crippen LogP contribution in [0.4, 0.5) is 13.2 Å². The van der Waals surface area contributed by atoms with E-state index in [1.807, 2.05) is 0 Å². The van der Waals surface area contributed by atoms with E-state index in [0.29, 0.717) is 0 Å². The largest absolute Gasteiger partial charge is 0.407 e. The fourth-order valence-electron chi connectivity index (χ4n) is 1.39. The molecule has 2 atom stereocenters. The summed E-state index contributed by atoms with van der Waals surface area (Å²) in [5.74, 6) is 0. The van der Waals surface area contributed by atoms with Gasteiger partial charge in [-0.1, -0.05) is 30.3 Å². The molecule has 0 radical (unpaired) electrons. The first-order chi connectivity index (χ1) is 7.95. The molecule has 2 unspecified atom stereocenters. The molecular formula is C11H14F3NO2. The molecular weight excluding hydrogens is 235 g/mol. The van der Waals surface area contributed by atoms with Gasteiger partial charge in [0.15, 0.2) is 0 Å². The quantitative estimate of drug-likeness (QED) is 0.735. The molecule has 1 aromatic carbocycles. The summed E-state index contributed by atoms with van der Waals surface area (Å²) in [4.78, 5) is 0. The van der Waals surface area contributed by atoms with Crippen LogP contribution in [0.2, 0.25) is 0 Å². The Morgan fingerprint density at radius 3 is 2.24 bits per heavy atom. The predicted octanol–water partition coefficient (Wildman–Crippen LogP) is 1.23. The van der Waals surface area contributed by atoms with E-state index in [0.717, 1.165) is 0 Å². The second-order valence-electron chi connectivity index (χ2n) is 3.63. The van der Waals surface area contributed by atoms with E-state index < -0.39 is 24.9 Å². The van der Waals surface area contributed by atoms with Crippen LogP contribution in [0.5, 0.6) is 0 Å². The van der Waals surface area contributed by atoms with Crippen LogP contribution in [-0.2, 0) is 0 Å². The van der Waals surface area contributed by atoms with Crippen molar-refractivity contribution in [3.05, 3.63) is 35.9 Å².